The molecule has 1 aliphatic carbocycles. The predicted octanol–water partition coefficient (Wildman–Crippen LogP) is 1.94. The van der Waals surface area contributed by atoms with Gasteiger partial charge in [-0.05, 0) is 54.7 Å². The number of aliphatic hydroxyl groups excluding tert-OH is 2. The Morgan fingerprint density at radius 2 is 1.74 bits per heavy atom. The van der Waals surface area contributed by atoms with E-state index in [1.165, 1.54) is 0 Å². The van der Waals surface area contributed by atoms with Gasteiger partial charge >= 0.3 is 0 Å². The molecule has 1 unspecified atom stereocenters. The minimum absolute atomic E-state index is 0.0312. The van der Waals surface area contributed by atoms with Gasteiger partial charge in [0.15, 0.2) is 15.1 Å². The van der Waals surface area contributed by atoms with Crippen LogP contribution in [0, 0.1) is 5.41 Å². The molecule has 11 nitrogen and oxygen atoms in total. The second-order valence-corrected chi connectivity index (χ2v) is 14.5. The molecule has 1 aliphatic rings. The van der Waals surface area contributed by atoms with Crippen molar-refractivity contribution in [1.29, 1.82) is 0 Å². The second-order valence-electron chi connectivity index (χ2n) is 11.2. The minimum atomic E-state index is -4.04. The number of carbonyl (C=O) groups excluding carboxylic acids is 3. The first-order chi connectivity index (χ1) is 19.9. The van der Waals surface area contributed by atoms with Gasteiger partial charge in [-0.1, -0.05) is 32.0 Å². The first-order valence-electron chi connectivity index (χ1n) is 13.7. The lowest BCUT2D eigenvalue weighted by molar-refractivity contribution is -0.126. The van der Waals surface area contributed by atoms with Crippen molar-refractivity contribution in [3.63, 3.8) is 0 Å². The van der Waals surface area contributed by atoms with Crippen molar-refractivity contribution in [2.75, 3.05) is 32.1 Å². The van der Waals surface area contributed by atoms with E-state index in [-0.39, 0.29) is 49.0 Å². The lowest BCUT2D eigenvalue weighted by Crippen LogP contribution is -2.41. The molecule has 1 fully saturated rings. The fourth-order valence-electron chi connectivity index (χ4n) is 4.10. The third-order valence-electron chi connectivity index (χ3n) is 6.82. The molecule has 1 atom stereocenters. The van der Waals surface area contributed by atoms with E-state index in [0.717, 1.165) is 35.3 Å². The van der Waals surface area contributed by atoms with Gasteiger partial charge in [-0.15, -0.1) is 11.3 Å². The summed E-state index contributed by atoms with van der Waals surface area (Å²) in [6.07, 6.45) is 1.74. The van der Waals surface area contributed by atoms with Crippen LogP contribution in [0.25, 0.3) is 21.3 Å². The number of sulfone groups is 1. The third-order valence-corrected chi connectivity index (χ3v) is 10.1. The zero-order valence-electron chi connectivity index (χ0n) is 23.6. The minimum Gasteiger partial charge on any atom is -0.396 e. The molecule has 42 heavy (non-hydrogen) atoms. The second kappa shape index (κ2) is 13.3. The zero-order chi connectivity index (χ0) is 30.5. The standard InChI is InChI=1S/C29H36N4O7S2/c1-29(2,17-35)16-31-26(37)19-6-4-18(5-7-19)20-8-11-22-23(14-20)41-28(33-22)25(42(39,40)13-3-12-34)27(38)30-15-24(36)32-21-9-10-21/h4-8,11,14,21,25,34-35H,3,9-10,12-13,15-17H2,1-2H3,(H,30,38)(H,31,37)(H,32,36). The number of aliphatic hydroxyl groups is 2. The molecule has 3 aromatic rings. The number of carbonyl (C=O) groups is 3. The summed E-state index contributed by atoms with van der Waals surface area (Å²) in [7, 11) is -4.04. The molecule has 1 saturated carbocycles. The molecule has 1 heterocycles. The Hall–Kier alpha value is -3.39. The summed E-state index contributed by atoms with van der Waals surface area (Å²) < 4.78 is 27.0. The Kier molecular flexibility index (Phi) is 9.97. The molecule has 2 aromatic carbocycles. The van der Waals surface area contributed by atoms with Gasteiger partial charge in [0.05, 0.1) is 22.5 Å². The Balaban J connectivity index is 1.54. The third kappa shape index (κ3) is 8.12. The molecule has 0 bridgehead atoms. The number of fused-ring (bicyclic) bond motifs is 1. The van der Waals surface area contributed by atoms with Gasteiger partial charge < -0.3 is 26.2 Å². The predicted molar refractivity (Wildman–Crippen MR) is 161 cm³/mol. The summed E-state index contributed by atoms with van der Waals surface area (Å²) in [5, 5.41) is 25.1. The first-order valence-corrected chi connectivity index (χ1v) is 16.2. The van der Waals surface area contributed by atoms with Gasteiger partial charge in [-0.25, -0.2) is 13.4 Å². The van der Waals surface area contributed by atoms with Crippen LogP contribution >= 0.6 is 11.3 Å². The molecule has 13 heteroatoms. The average Bonchev–Trinajstić information content (AvgIpc) is 3.69. The highest BCUT2D eigenvalue weighted by atomic mass is 32.2. The Morgan fingerprint density at radius 3 is 2.38 bits per heavy atom. The summed E-state index contributed by atoms with van der Waals surface area (Å²) in [6.45, 7) is 3.30. The summed E-state index contributed by atoms with van der Waals surface area (Å²) in [6, 6.07) is 12.5. The van der Waals surface area contributed by atoms with Crippen LogP contribution in [-0.2, 0) is 19.4 Å². The van der Waals surface area contributed by atoms with Gasteiger partial charge in [0.1, 0.15) is 5.01 Å². The van der Waals surface area contributed by atoms with Crippen LogP contribution in [0.2, 0.25) is 0 Å². The highest BCUT2D eigenvalue weighted by molar-refractivity contribution is 7.92. The molecule has 0 radical (unpaired) electrons. The Morgan fingerprint density at radius 1 is 1.05 bits per heavy atom. The quantitative estimate of drug-likeness (QED) is 0.183. The number of nitrogens with one attached hydrogen (secondary N) is 3. The van der Waals surface area contributed by atoms with Crippen LogP contribution < -0.4 is 16.0 Å². The van der Waals surface area contributed by atoms with Gasteiger partial charge in [0.2, 0.25) is 11.8 Å². The number of thiazole rings is 1. The maximum absolute atomic E-state index is 13.2. The van der Waals surface area contributed by atoms with Crippen LogP contribution in [-0.4, -0.2) is 79.4 Å². The van der Waals surface area contributed by atoms with Crippen molar-refractivity contribution < 1.29 is 33.0 Å². The van der Waals surface area contributed by atoms with E-state index in [0.29, 0.717) is 22.3 Å². The van der Waals surface area contributed by atoms with E-state index in [1.807, 2.05) is 26.0 Å². The number of aromatic nitrogens is 1. The lowest BCUT2D eigenvalue weighted by Gasteiger charge is -2.21. The molecule has 5 N–H and O–H groups in total. The maximum atomic E-state index is 13.2. The average molecular weight is 617 g/mol. The van der Waals surface area contributed by atoms with E-state index in [1.54, 1.807) is 30.3 Å². The molecule has 0 aliphatic heterocycles. The van der Waals surface area contributed by atoms with Crippen LogP contribution in [0.1, 0.15) is 53.7 Å². The summed E-state index contributed by atoms with van der Waals surface area (Å²) in [5.74, 6) is -1.88. The van der Waals surface area contributed by atoms with Crippen molar-refractivity contribution in [2.24, 2.45) is 5.41 Å². The zero-order valence-corrected chi connectivity index (χ0v) is 25.2. The van der Waals surface area contributed by atoms with Crippen molar-refractivity contribution in [1.82, 2.24) is 20.9 Å². The first kappa shape index (κ1) is 31.5. The van der Waals surface area contributed by atoms with Gasteiger partial charge in [-0.2, -0.15) is 0 Å². The maximum Gasteiger partial charge on any atom is 0.251 e. The van der Waals surface area contributed by atoms with Crippen LogP contribution in [0.3, 0.4) is 0 Å². The SMILES string of the molecule is CC(C)(CO)CNC(=O)c1ccc(-c2ccc3nc(C(C(=O)NCC(=O)NC4CC4)S(=O)(=O)CCCO)sc3c2)cc1. The lowest BCUT2D eigenvalue weighted by atomic mass is 9.95. The van der Waals surface area contributed by atoms with Crippen LogP contribution in [0.4, 0.5) is 0 Å². The molecular weight excluding hydrogens is 580 g/mol. The number of hydrogen-bond acceptors (Lipinski definition) is 9. The van der Waals surface area contributed by atoms with Crippen molar-refractivity contribution in [3.05, 3.63) is 53.0 Å². The van der Waals surface area contributed by atoms with E-state index in [9.17, 15) is 33.0 Å². The Bertz CT molecular complexity index is 1550. The normalized spacial score (nSPS) is 14.4. The highest BCUT2D eigenvalue weighted by Crippen LogP contribution is 2.34. The largest absolute Gasteiger partial charge is 0.396 e. The van der Waals surface area contributed by atoms with Crippen molar-refractivity contribution in [2.45, 2.75) is 44.4 Å². The summed E-state index contributed by atoms with van der Waals surface area (Å²) in [4.78, 5) is 42.2. The van der Waals surface area contributed by atoms with Crippen molar-refractivity contribution in [3.8, 4) is 11.1 Å². The number of amides is 3. The number of benzene rings is 2. The molecule has 3 amide bonds. The van der Waals surface area contributed by atoms with E-state index in [4.69, 9.17) is 0 Å². The number of nitrogens with zero attached hydrogens (tertiary/aromatic N) is 1. The molecular formula is C29H36N4O7S2. The molecule has 4 rings (SSSR count). The van der Waals surface area contributed by atoms with E-state index < -0.39 is 32.2 Å². The van der Waals surface area contributed by atoms with E-state index in [2.05, 4.69) is 20.9 Å². The molecule has 0 spiro atoms. The van der Waals surface area contributed by atoms with Crippen molar-refractivity contribution >= 4 is 49.1 Å². The Labute approximate surface area is 248 Å². The monoisotopic (exact) mass is 616 g/mol. The fourth-order valence-corrected chi connectivity index (χ4v) is 7.21. The number of hydrogen-bond donors (Lipinski definition) is 5. The molecule has 0 saturated heterocycles. The number of rotatable bonds is 14. The fraction of sp³-hybridized carbons (Fsp3) is 0.448. The van der Waals surface area contributed by atoms with Crippen LogP contribution in [0.5, 0.6) is 0 Å². The van der Waals surface area contributed by atoms with Crippen LogP contribution in [0.15, 0.2) is 42.5 Å². The highest BCUT2D eigenvalue weighted by Gasteiger charge is 2.37. The topological polar surface area (TPSA) is 175 Å². The summed E-state index contributed by atoms with van der Waals surface area (Å²) >= 11 is 1.08. The van der Waals surface area contributed by atoms with Gasteiger partial charge in [0.25, 0.3) is 5.91 Å². The van der Waals surface area contributed by atoms with Gasteiger partial charge in [-0.3, -0.25) is 14.4 Å². The smallest absolute Gasteiger partial charge is 0.251 e. The summed E-state index contributed by atoms with van der Waals surface area (Å²) in [5.41, 5.74) is 2.20. The van der Waals surface area contributed by atoms with Gasteiger partial charge in [0, 0.05) is 36.8 Å². The molecule has 226 valence electrons. The molecule has 1 aromatic heterocycles. The van der Waals surface area contributed by atoms with E-state index >= 15 is 0 Å².